The Morgan fingerprint density at radius 2 is 2.35 bits per heavy atom. The molecule has 1 unspecified atom stereocenters. The fraction of sp³-hybridized carbons (Fsp3) is 0.364. The second kappa shape index (κ2) is 5.18. The summed E-state index contributed by atoms with van der Waals surface area (Å²) in [5, 5.41) is 12.0. The van der Waals surface area contributed by atoms with Crippen LogP contribution in [0, 0.1) is 0 Å². The van der Waals surface area contributed by atoms with E-state index in [1.165, 1.54) is 12.1 Å². The summed E-state index contributed by atoms with van der Waals surface area (Å²) >= 11 is 4.00. The minimum Gasteiger partial charge on any atom is -0.508 e. The zero-order valence-corrected chi connectivity index (χ0v) is 9.94. The Morgan fingerprint density at radius 3 is 3.12 bits per heavy atom. The summed E-state index contributed by atoms with van der Waals surface area (Å²) in [6, 6.07) is 4.53. The van der Waals surface area contributed by atoms with E-state index < -0.39 is 6.10 Å². The van der Waals surface area contributed by atoms with Crippen molar-refractivity contribution < 1.29 is 19.4 Å². The molecule has 92 valence electrons. The van der Waals surface area contributed by atoms with Gasteiger partial charge in [-0.1, -0.05) is 0 Å². The highest BCUT2D eigenvalue weighted by molar-refractivity contribution is 7.80. The number of carbonyl (C=O) groups is 1. The minimum atomic E-state index is -0.691. The lowest BCUT2D eigenvalue weighted by Gasteiger charge is -2.25. The molecule has 1 aromatic carbocycles. The van der Waals surface area contributed by atoms with Crippen molar-refractivity contribution in [1.29, 1.82) is 0 Å². The van der Waals surface area contributed by atoms with Crippen molar-refractivity contribution in [3.05, 3.63) is 18.2 Å². The van der Waals surface area contributed by atoms with Gasteiger partial charge in [0.15, 0.2) is 11.5 Å². The predicted octanol–water partition coefficient (Wildman–Crippen LogP) is 0.578. The molecule has 0 saturated heterocycles. The summed E-state index contributed by atoms with van der Waals surface area (Å²) in [5.41, 5.74) is 0. The van der Waals surface area contributed by atoms with E-state index in [0.717, 1.165) is 0 Å². The van der Waals surface area contributed by atoms with Crippen molar-refractivity contribution in [2.24, 2.45) is 0 Å². The Bertz CT molecular complexity index is 424. The van der Waals surface area contributed by atoms with Gasteiger partial charge < -0.3 is 19.9 Å². The maximum Gasteiger partial charge on any atom is 0.264 e. The molecule has 0 spiro atoms. The number of hydrogen-bond donors (Lipinski definition) is 3. The summed E-state index contributed by atoms with van der Waals surface area (Å²) < 4.78 is 10.8. The quantitative estimate of drug-likeness (QED) is 0.691. The van der Waals surface area contributed by atoms with Crippen LogP contribution in [0.25, 0.3) is 0 Å². The molecule has 1 aromatic rings. The van der Waals surface area contributed by atoms with E-state index in [1.807, 2.05) is 0 Å². The highest BCUT2D eigenvalue weighted by Gasteiger charge is 2.27. The van der Waals surface area contributed by atoms with Gasteiger partial charge in [-0.3, -0.25) is 4.79 Å². The molecule has 0 bridgehead atoms. The fourth-order valence-corrected chi connectivity index (χ4v) is 1.59. The molecular weight excluding hydrogens is 242 g/mol. The zero-order chi connectivity index (χ0) is 12.3. The lowest BCUT2D eigenvalue weighted by molar-refractivity contribution is -0.130. The SMILES string of the molecule is O=C(NCCS)C1COc2ccc(O)cc2O1. The molecule has 0 saturated carbocycles. The first kappa shape index (κ1) is 11.9. The number of hydrogen-bond acceptors (Lipinski definition) is 5. The molecule has 1 aliphatic heterocycles. The molecular formula is C11H13NO4S. The van der Waals surface area contributed by atoms with Crippen LogP contribution in [0.2, 0.25) is 0 Å². The van der Waals surface area contributed by atoms with Gasteiger partial charge >= 0.3 is 0 Å². The molecule has 17 heavy (non-hydrogen) atoms. The Hall–Kier alpha value is -1.56. The number of ether oxygens (including phenoxy) is 2. The van der Waals surface area contributed by atoms with Crippen molar-refractivity contribution in [2.75, 3.05) is 18.9 Å². The van der Waals surface area contributed by atoms with E-state index in [0.29, 0.717) is 23.8 Å². The van der Waals surface area contributed by atoms with E-state index >= 15 is 0 Å². The third-order valence-corrected chi connectivity index (χ3v) is 2.51. The second-order valence-corrected chi connectivity index (χ2v) is 4.01. The van der Waals surface area contributed by atoms with Crippen LogP contribution in [0.1, 0.15) is 0 Å². The molecule has 0 aromatic heterocycles. The predicted molar refractivity (Wildman–Crippen MR) is 64.9 cm³/mol. The van der Waals surface area contributed by atoms with Crippen molar-refractivity contribution >= 4 is 18.5 Å². The highest BCUT2D eigenvalue weighted by Crippen LogP contribution is 2.34. The molecule has 1 atom stereocenters. The van der Waals surface area contributed by atoms with Crippen molar-refractivity contribution in [3.8, 4) is 17.2 Å². The lowest BCUT2D eigenvalue weighted by atomic mass is 10.2. The number of carbonyl (C=O) groups excluding carboxylic acids is 1. The van der Waals surface area contributed by atoms with Crippen LogP contribution in [-0.4, -0.2) is 36.0 Å². The number of thiol groups is 1. The first-order valence-electron chi connectivity index (χ1n) is 5.22. The van der Waals surface area contributed by atoms with Crippen LogP contribution in [0.4, 0.5) is 0 Å². The number of phenolic OH excluding ortho intramolecular Hbond substituents is 1. The van der Waals surface area contributed by atoms with Crippen LogP contribution < -0.4 is 14.8 Å². The van der Waals surface area contributed by atoms with Gasteiger partial charge in [0.1, 0.15) is 12.4 Å². The summed E-state index contributed by atoms with van der Waals surface area (Å²) in [6.07, 6.45) is -0.691. The van der Waals surface area contributed by atoms with Gasteiger partial charge in [-0.2, -0.15) is 12.6 Å². The molecule has 1 amide bonds. The Labute approximate surface area is 104 Å². The highest BCUT2D eigenvalue weighted by atomic mass is 32.1. The molecule has 2 rings (SSSR count). The Balaban J connectivity index is 2.04. The fourth-order valence-electron chi connectivity index (χ4n) is 1.48. The molecule has 2 N–H and O–H groups in total. The van der Waals surface area contributed by atoms with E-state index in [4.69, 9.17) is 9.47 Å². The number of benzene rings is 1. The molecule has 0 fully saturated rings. The standard InChI is InChI=1S/C11H13NO4S/c13-7-1-2-8-9(5-7)16-10(6-15-8)11(14)12-3-4-17/h1-2,5,10,13,17H,3-4,6H2,(H,12,14). The summed E-state index contributed by atoms with van der Waals surface area (Å²) in [4.78, 5) is 11.6. The number of amides is 1. The van der Waals surface area contributed by atoms with Crippen LogP contribution in [0.5, 0.6) is 17.2 Å². The van der Waals surface area contributed by atoms with Gasteiger partial charge in [0.2, 0.25) is 6.10 Å². The Morgan fingerprint density at radius 1 is 1.53 bits per heavy atom. The molecule has 5 nitrogen and oxygen atoms in total. The van der Waals surface area contributed by atoms with Crippen molar-refractivity contribution in [3.63, 3.8) is 0 Å². The molecule has 1 aliphatic rings. The first-order chi connectivity index (χ1) is 8.20. The maximum atomic E-state index is 11.6. The average molecular weight is 255 g/mol. The molecule has 0 radical (unpaired) electrons. The van der Waals surface area contributed by atoms with Gasteiger partial charge in [-0.05, 0) is 12.1 Å². The van der Waals surface area contributed by atoms with Crippen molar-refractivity contribution in [1.82, 2.24) is 5.32 Å². The van der Waals surface area contributed by atoms with Crippen LogP contribution in [0.3, 0.4) is 0 Å². The van der Waals surface area contributed by atoms with Crippen LogP contribution in [-0.2, 0) is 4.79 Å². The van der Waals surface area contributed by atoms with Gasteiger partial charge in [0.05, 0.1) is 0 Å². The van der Waals surface area contributed by atoms with Gasteiger partial charge in [-0.25, -0.2) is 0 Å². The van der Waals surface area contributed by atoms with Crippen LogP contribution in [0.15, 0.2) is 18.2 Å². The number of fused-ring (bicyclic) bond motifs is 1. The number of nitrogens with one attached hydrogen (secondary N) is 1. The van der Waals surface area contributed by atoms with E-state index in [-0.39, 0.29) is 18.3 Å². The van der Waals surface area contributed by atoms with Crippen molar-refractivity contribution in [2.45, 2.75) is 6.10 Å². The lowest BCUT2D eigenvalue weighted by Crippen LogP contribution is -2.44. The van der Waals surface area contributed by atoms with Gasteiger partial charge in [-0.15, -0.1) is 0 Å². The second-order valence-electron chi connectivity index (χ2n) is 3.56. The smallest absolute Gasteiger partial charge is 0.264 e. The third kappa shape index (κ3) is 2.76. The summed E-state index contributed by atoms with van der Waals surface area (Å²) in [5.74, 6) is 1.30. The number of aromatic hydroxyl groups is 1. The van der Waals surface area contributed by atoms with Crippen LogP contribution >= 0.6 is 12.6 Å². The molecule has 6 heteroatoms. The number of rotatable bonds is 3. The third-order valence-electron chi connectivity index (χ3n) is 2.29. The normalized spacial score (nSPS) is 17.6. The molecule has 0 aliphatic carbocycles. The van der Waals surface area contributed by atoms with E-state index in [2.05, 4.69) is 17.9 Å². The summed E-state index contributed by atoms with van der Waals surface area (Å²) in [7, 11) is 0. The van der Waals surface area contributed by atoms with Gasteiger partial charge in [0.25, 0.3) is 5.91 Å². The Kier molecular flexibility index (Phi) is 3.63. The first-order valence-corrected chi connectivity index (χ1v) is 5.85. The largest absolute Gasteiger partial charge is 0.508 e. The zero-order valence-electron chi connectivity index (χ0n) is 9.05. The summed E-state index contributed by atoms with van der Waals surface area (Å²) in [6.45, 7) is 0.644. The monoisotopic (exact) mass is 255 g/mol. The topological polar surface area (TPSA) is 67.8 Å². The molecule has 1 heterocycles. The van der Waals surface area contributed by atoms with E-state index in [1.54, 1.807) is 6.07 Å². The number of phenols is 1. The van der Waals surface area contributed by atoms with Gasteiger partial charge in [0, 0.05) is 18.4 Å². The van der Waals surface area contributed by atoms with E-state index in [9.17, 15) is 9.90 Å². The maximum absolute atomic E-state index is 11.6. The minimum absolute atomic E-state index is 0.0729. The average Bonchev–Trinajstić information content (AvgIpc) is 2.35.